The van der Waals surface area contributed by atoms with Crippen LogP contribution in [0.15, 0.2) is 36.4 Å². The van der Waals surface area contributed by atoms with Crippen molar-refractivity contribution in [3.63, 3.8) is 0 Å². The van der Waals surface area contributed by atoms with Crippen LogP contribution in [0.5, 0.6) is 0 Å². The van der Waals surface area contributed by atoms with Crippen LogP contribution >= 0.6 is 0 Å². The molecule has 1 heterocycles. The summed E-state index contributed by atoms with van der Waals surface area (Å²) in [5.41, 5.74) is 3.00. The van der Waals surface area contributed by atoms with E-state index in [0.29, 0.717) is 13.0 Å². The number of rotatable bonds is 4. The highest BCUT2D eigenvalue weighted by Crippen LogP contribution is 2.14. The number of benzene rings is 2. The van der Waals surface area contributed by atoms with E-state index in [1.165, 1.54) is 6.07 Å². The Bertz CT molecular complexity index is 873. The van der Waals surface area contributed by atoms with Gasteiger partial charge in [0.1, 0.15) is 5.82 Å². The smallest absolute Gasteiger partial charge is 0.251 e. The quantitative estimate of drug-likeness (QED) is 0.777. The van der Waals surface area contributed by atoms with Gasteiger partial charge in [0, 0.05) is 12.1 Å². The monoisotopic (exact) mass is 315 g/mol. The summed E-state index contributed by atoms with van der Waals surface area (Å²) in [7, 11) is 0. The number of carbonyl (C=O) groups excluding carboxylic acids is 1. The summed E-state index contributed by atoms with van der Waals surface area (Å²) >= 11 is 0. The second kappa shape index (κ2) is 6.16. The molecule has 0 atom stereocenters. The first kappa shape index (κ1) is 15.1. The summed E-state index contributed by atoms with van der Waals surface area (Å²) in [5, 5.41) is 2.69. The molecule has 1 amide bonds. The largest absolute Gasteiger partial charge is 0.352 e. The summed E-state index contributed by atoms with van der Waals surface area (Å²) < 4.78 is 26.0. The maximum Gasteiger partial charge on any atom is 0.251 e. The molecule has 0 bridgehead atoms. The molecule has 0 fully saturated rings. The number of amides is 1. The van der Waals surface area contributed by atoms with E-state index >= 15 is 0 Å². The molecule has 0 saturated carbocycles. The Morgan fingerprint density at radius 3 is 2.78 bits per heavy atom. The van der Waals surface area contributed by atoms with Crippen molar-refractivity contribution < 1.29 is 13.6 Å². The van der Waals surface area contributed by atoms with Crippen LogP contribution < -0.4 is 5.32 Å². The third kappa shape index (κ3) is 3.36. The molecule has 0 saturated heterocycles. The molecule has 0 spiro atoms. The summed E-state index contributed by atoms with van der Waals surface area (Å²) in [6.45, 7) is 2.29. The summed E-state index contributed by atoms with van der Waals surface area (Å²) in [6, 6.07) is 8.95. The number of nitrogens with zero attached hydrogens (tertiary/aromatic N) is 1. The zero-order chi connectivity index (χ0) is 16.4. The number of halogens is 2. The molecule has 0 aliphatic carbocycles. The van der Waals surface area contributed by atoms with Crippen LogP contribution in [-0.2, 0) is 6.42 Å². The Morgan fingerprint density at radius 2 is 2.00 bits per heavy atom. The molecule has 0 aliphatic heterocycles. The van der Waals surface area contributed by atoms with E-state index in [1.54, 1.807) is 0 Å². The average molecular weight is 315 g/mol. The van der Waals surface area contributed by atoms with E-state index in [-0.39, 0.29) is 5.56 Å². The Balaban J connectivity index is 1.61. The third-order valence-electron chi connectivity index (χ3n) is 3.55. The lowest BCUT2D eigenvalue weighted by Gasteiger charge is -2.06. The van der Waals surface area contributed by atoms with E-state index in [9.17, 15) is 13.6 Å². The number of carbonyl (C=O) groups is 1. The van der Waals surface area contributed by atoms with Crippen LogP contribution in [0, 0.1) is 18.6 Å². The lowest BCUT2D eigenvalue weighted by atomic mass is 10.1. The van der Waals surface area contributed by atoms with Crippen LogP contribution in [0.1, 0.15) is 21.7 Å². The second-order valence-electron chi connectivity index (χ2n) is 5.31. The SMILES string of the molecule is Cc1nc2ccc(CCNC(=O)c3ccc(F)c(F)c3)cc2[nH]1. The molecule has 3 rings (SSSR count). The fourth-order valence-electron chi connectivity index (χ4n) is 2.40. The van der Waals surface area contributed by atoms with E-state index < -0.39 is 17.5 Å². The fourth-order valence-corrected chi connectivity index (χ4v) is 2.40. The first-order chi connectivity index (χ1) is 11.0. The zero-order valence-corrected chi connectivity index (χ0v) is 12.5. The Labute approximate surface area is 131 Å². The lowest BCUT2D eigenvalue weighted by molar-refractivity contribution is 0.0953. The molecule has 118 valence electrons. The van der Waals surface area contributed by atoms with Crippen LogP contribution in [0.2, 0.25) is 0 Å². The van der Waals surface area contributed by atoms with Crippen molar-refractivity contribution in [3.05, 3.63) is 65.0 Å². The van der Waals surface area contributed by atoms with Gasteiger partial charge in [-0.25, -0.2) is 13.8 Å². The number of nitrogens with one attached hydrogen (secondary N) is 2. The normalized spacial score (nSPS) is 10.9. The molecule has 2 N–H and O–H groups in total. The van der Waals surface area contributed by atoms with E-state index in [0.717, 1.165) is 34.6 Å². The molecule has 3 aromatic rings. The first-order valence-electron chi connectivity index (χ1n) is 7.21. The topological polar surface area (TPSA) is 57.8 Å². The number of aromatic amines is 1. The number of hydrogen-bond donors (Lipinski definition) is 2. The Hall–Kier alpha value is -2.76. The van der Waals surface area contributed by atoms with Crippen LogP contribution in [-0.4, -0.2) is 22.4 Å². The molecule has 4 nitrogen and oxygen atoms in total. The molecule has 0 radical (unpaired) electrons. The van der Waals surface area contributed by atoms with Gasteiger partial charge in [0.2, 0.25) is 0 Å². The first-order valence-corrected chi connectivity index (χ1v) is 7.21. The average Bonchev–Trinajstić information content (AvgIpc) is 2.89. The molecule has 0 unspecified atom stereocenters. The summed E-state index contributed by atoms with van der Waals surface area (Å²) in [6.07, 6.45) is 0.628. The highest BCUT2D eigenvalue weighted by Gasteiger charge is 2.09. The molecular weight excluding hydrogens is 300 g/mol. The van der Waals surface area contributed by atoms with Gasteiger partial charge in [-0.05, 0) is 49.2 Å². The van der Waals surface area contributed by atoms with Crippen molar-refractivity contribution in [1.29, 1.82) is 0 Å². The molecule has 2 aromatic carbocycles. The van der Waals surface area contributed by atoms with Crippen molar-refractivity contribution in [2.45, 2.75) is 13.3 Å². The van der Waals surface area contributed by atoms with Crippen molar-refractivity contribution in [3.8, 4) is 0 Å². The van der Waals surface area contributed by atoms with Gasteiger partial charge in [-0.2, -0.15) is 0 Å². The second-order valence-corrected chi connectivity index (χ2v) is 5.31. The van der Waals surface area contributed by atoms with Crippen LogP contribution in [0.4, 0.5) is 8.78 Å². The van der Waals surface area contributed by atoms with Crippen LogP contribution in [0.25, 0.3) is 11.0 Å². The number of fused-ring (bicyclic) bond motifs is 1. The van der Waals surface area contributed by atoms with Gasteiger partial charge in [0.25, 0.3) is 5.91 Å². The number of hydrogen-bond acceptors (Lipinski definition) is 2. The molecular formula is C17H15F2N3O. The molecule has 6 heteroatoms. The van der Waals surface area contributed by atoms with E-state index in [4.69, 9.17) is 0 Å². The minimum absolute atomic E-state index is 0.101. The van der Waals surface area contributed by atoms with Gasteiger partial charge >= 0.3 is 0 Å². The number of aryl methyl sites for hydroxylation is 1. The Kier molecular flexibility index (Phi) is 4.06. The Morgan fingerprint density at radius 1 is 1.17 bits per heavy atom. The van der Waals surface area contributed by atoms with Gasteiger partial charge in [-0.3, -0.25) is 4.79 Å². The maximum absolute atomic E-state index is 13.1. The number of imidazole rings is 1. The van der Waals surface area contributed by atoms with E-state index in [2.05, 4.69) is 15.3 Å². The molecule has 23 heavy (non-hydrogen) atoms. The van der Waals surface area contributed by atoms with Crippen molar-refractivity contribution in [2.24, 2.45) is 0 Å². The fraction of sp³-hybridized carbons (Fsp3) is 0.176. The van der Waals surface area contributed by atoms with Crippen molar-refractivity contribution in [2.75, 3.05) is 6.54 Å². The van der Waals surface area contributed by atoms with Gasteiger partial charge in [-0.1, -0.05) is 6.07 Å². The van der Waals surface area contributed by atoms with Crippen LogP contribution in [0.3, 0.4) is 0 Å². The number of aromatic nitrogens is 2. The van der Waals surface area contributed by atoms with Crippen molar-refractivity contribution in [1.82, 2.24) is 15.3 Å². The highest BCUT2D eigenvalue weighted by atomic mass is 19.2. The third-order valence-corrected chi connectivity index (χ3v) is 3.55. The predicted molar refractivity (Wildman–Crippen MR) is 83.2 cm³/mol. The minimum Gasteiger partial charge on any atom is -0.352 e. The van der Waals surface area contributed by atoms with Gasteiger partial charge < -0.3 is 10.3 Å². The van der Waals surface area contributed by atoms with Gasteiger partial charge in [0.05, 0.1) is 11.0 Å². The van der Waals surface area contributed by atoms with E-state index in [1.807, 2.05) is 25.1 Å². The molecule has 1 aromatic heterocycles. The predicted octanol–water partition coefficient (Wildman–Crippen LogP) is 3.12. The van der Waals surface area contributed by atoms with Gasteiger partial charge in [0.15, 0.2) is 11.6 Å². The highest BCUT2D eigenvalue weighted by molar-refractivity contribution is 5.94. The zero-order valence-electron chi connectivity index (χ0n) is 12.5. The standard InChI is InChI=1S/C17H15F2N3O/c1-10-21-15-5-2-11(8-16(15)22-10)6-7-20-17(23)12-3-4-13(18)14(19)9-12/h2-5,8-9H,6-7H2,1H3,(H,20,23)(H,21,22). The summed E-state index contributed by atoms with van der Waals surface area (Å²) in [4.78, 5) is 19.4. The number of H-pyrrole nitrogens is 1. The molecule has 0 aliphatic rings. The van der Waals surface area contributed by atoms with Crippen molar-refractivity contribution >= 4 is 16.9 Å². The lowest BCUT2D eigenvalue weighted by Crippen LogP contribution is -2.25. The summed E-state index contributed by atoms with van der Waals surface area (Å²) in [5.74, 6) is -1.58. The minimum atomic E-state index is -1.03. The van der Waals surface area contributed by atoms with Gasteiger partial charge in [-0.15, -0.1) is 0 Å². The maximum atomic E-state index is 13.1.